The van der Waals surface area contributed by atoms with Gasteiger partial charge in [0.15, 0.2) is 0 Å². The normalized spacial score (nSPS) is 10.5. The van der Waals surface area contributed by atoms with E-state index in [1.807, 2.05) is 62.4 Å². The highest BCUT2D eigenvalue weighted by molar-refractivity contribution is 5.92. The van der Waals surface area contributed by atoms with Gasteiger partial charge in [-0.05, 0) is 28.8 Å². The minimum absolute atomic E-state index is 0.0292. The van der Waals surface area contributed by atoms with Gasteiger partial charge in [-0.15, -0.1) is 0 Å². The molecule has 6 nitrogen and oxygen atoms in total. The molecule has 0 spiro atoms. The summed E-state index contributed by atoms with van der Waals surface area (Å²) in [5.41, 5.74) is 3.35. The molecule has 0 saturated heterocycles. The van der Waals surface area contributed by atoms with Gasteiger partial charge in [-0.25, -0.2) is 4.79 Å². The van der Waals surface area contributed by atoms with Gasteiger partial charge in [0.25, 0.3) is 0 Å². The van der Waals surface area contributed by atoms with Crippen molar-refractivity contribution in [1.82, 2.24) is 10.6 Å². The van der Waals surface area contributed by atoms with Gasteiger partial charge in [0.2, 0.25) is 5.91 Å². The summed E-state index contributed by atoms with van der Waals surface area (Å²) in [5.74, 6) is -0.102. The van der Waals surface area contributed by atoms with Gasteiger partial charge in [0.1, 0.15) is 0 Å². The van der Waals surface area contributed by atoms with Crippen molar-refractivity contribution in [1.29, 1.82) is 0 Å². The van der Waals surface area contributed by atoms with E-state index < -0.39 is 0 Å². The first-order valence-corrected chi connectivity index (χ1v) is 8.58. The number of hydrogen-bond donors (Lipinski definition) is 4. The Balaban J connectivity index is 1.79. The number of aliphatic hydroxyl groups is 1. The van der Waals surface area contributed by atoms with E-state index in [2.05, 4.69) is 16.0 Å². The summed E-state index contributed by atoms with van der Waals surface area (Å²) >= 11 is 0. The van der Waals surface area contributed by atoms with Gasteiger partial charge in [-0.2, -0.15) is 0 Å². The molecular formula is C20H25N3O3. The topological polar surface area (TPSA) is 90.5 Å². The number of carbonyl (C=O) groups excluding carboxylic acids is 2. The van der Waals surface area contributed by atoms with Crippen LogP contribution in [0, 0.1) is 5.92 Å². The summed E-state index contributed by atoms with van der Waals surface area (Å²) in [4.78, 5) is 23.6. The minimum atomic E-state index is -0.282. The van der Waals surface area contributed by atoms with Gasteiger partial charge >= 0.3 is 6.03 Å². The van der Waals surface area contributed by atoms with Crippen molar-refractivity contribution >= 4 is 17.6 Å². The van der Waals surface area contributed by atoms with Crippen LogP contribution in [-0.2, 0) is 24.5 Å². The molecule has 138 valence electrons. The number of aliphatic hydroxyl groups excluding tert-OH is 1. The highest BCUT2D eigenvalue weighted by Crippen LogP contribution is 2.11. The minimum Gasteiger partial charge on any atom is -0.392 e. The lowest BCUT2D eigenvalue weighted by Gasteiger charge is -2.11. The summed E-state index contributed by atoms with van der Waals surface area (Å²) in [6.45, 7) is 4.35. The molecule has 0 fully saturated rings. The molecule has 6 heteroatoms. The van der Waals surface area contributed by atoms with Gasteiger partial charge in [-0.1, -0.05) is 50.2 Å². The lowest BCUT2D eigenvalue weighted by Crippen LogP contribution is -2.34. The number of benzene rings is 2. The monoisotopic (exact) mass is 355 g/mol. The van der Waals surface area contributed by atoms with Gasteiger partial charge in [-0.3, -0.25) is 4.79 Å². The summed E-state index contributed by atoms with van der Waals surface area (Å²) in [5, 5.41) is 17.7. The fourth-order valence-electron chi connectivity index (χ4n) is 2.30. The van der Waals surface area contributed by atoms with Crippen molar-refractivity contribution in [2.24, 2.45) is 5.92 Å². The Morgan fingerprint density at radius 3 is 2.15 bits per heavy atom. The second kappa shape index (κ2) is 9.58. The fraction of sp³-hybridized carbons (Fsp3) is 0.300. The first-order valence-electron chi connectivity index (χ1n) is 8.58. The predicted octanol–water partition coefficient (Wildman–Crippen LogP) is 2.77. The van der Waals surface area contributed by atoms with Crippen LogP contribution < -0.4 is 16.0 Å². The third kappa shape index (κ3) is 5.89. The maximum Gasteiger partial charge on any atom is 0.315 e. The summed E-state index contributed by atoms with van der Waals surface area (Å²) in [6.07, 6.45) is 0. The van der Waals surface area contributed by atoms with Gasteiger partial charge in [0, 0.05) is 24.7 Å². The van der Waals surface area contributed by atoms with Crippen molar-refractivity contribution in [2.45, 2.75) is 33.5 Å². The molecule has 3 amide bonds. The molecule has 0 atom stereocenters. The number of nitrogens with one attached hydrogen (secondary N) is 3. The fourth-order valence-corrected chi connectivity index (χ4v) is 2.30. The molecule has 0 aliphatic rings. The van der Waals surface area contributed by atoms with E-state index in [4.69, 9.17) is 0 Å². The molecule has 0 aliphatic heterocycles. The Kier molecular flexibility index (Phi) is 7.17. The second-order valence-electron chi connectivity index (χ2n) is 6.30. The summed E-state index contributed by atoms with van der Waals surface area (Å²) in [7, 11) is 0. The standard InChI is InChI=1S/C20H25N3O3/c1-14(2)19(25)23-18-9-7-15(8-10-18)11-21-20(26)22-12-16-5-3-4-6-17(16)13-24/h3-10,14,24H,11-13H2,1-2H3,(H,23,25)(H2,21,22,26). The average Bonchev–Trinajstić information content (AvgIpc) is 2.65. The van der Waals surface area contributed by atoms with E-state index >= 15 is 0 Å². The summed E-state index contributed by atoms with van der Waals surface area (Å²) < 4.78 is 0. The molecule has 0 radical (unpaired) electrons. The zero-order valence-corrected chi connectivity index (χ0v) is 15.1. The second-order valence-corrected chi connectivity index (χ2v) is 6.30. The molecule has 0 aromatic heterocycles. The number of carbonyl (C=O) groups is 2. The molecule has 0 unspecified atom stereocenters. The molecule has 0 aliphatic carbocycles. The van der Waals surface area contributed by atoms with Crippen LogP contribution in [0.1, 0.15) is 30.5 Å². The van der Waals surface area contributed by atoms with E-state index in [-0.39, 0.29) is 24.5 Å². The third-order valence-corrected chi connectivity index (χ3v) is 3.93. The summed E-state index contributed by atoms with van der Waals surface area (Å²) in [6, 6.07) is 14.5. The van der Waals surface area contributed by atoms with Crippen molar-refractivity contribution in [3.05, 3.63) is 65.2 Å². The van der Waals surface area contributed by atoms with Crippen molar-refractivity contribution in [3.8, 4) is 0 Å². The smallest absolute Gasteiger partial charge is 0.315 e. The number of amides is 3. The first-order chi connectivity index (χ1) is 12.5. The van der Waals surface area contributed by atoms with Crippen LogP contribution in [0.4, 0.5) is 10.5 Å². The van der Waals surface area contributed by atoms with E-state index in [1.54, 1.807) is 0 Å². The van der Waals surface area contributed by atoms with Crippen molar-refractivity contribution in [3.63, 3.8) is 0 Å². The van der Waals surface area contributed by atoms with Gasteiger partial charge < -0.3 is 21.1 Å². The molecule has 0 heterocycles. The van der Waals surface area contributed by atoms with E-state index in [9.17, 15) is 14.7 Å². The van der Waals surface area contributed by atoms with Gasteiger partial charge in [0.05, 0.1) is 6.61 Å². The number of hydrogen-bond acceptors (Lipinski definition) is 3. The molecule has 26 heavy (non-hydrogen) atoms. The molecule has 4 N–H and O–H groups in total. The first kappa shape index (κ1) is 19.5. The molecule has 0 saturated carbocycles. The quantitative estimate of drug-likeness (QED) is 0.615. The average molecular weight is 355 g/mol. The number of rotatable bonds is 7. The number of anilines is 1. The van der Waals surface area contributed by atoms with E-state index in [1.165, 1.54) is 0 Å². The largest absolute Gasteiger partial charge is 0.392 e. The number of urea groups is 1. The van der Waals surface area contributed by atoms with Crippen LogP contribution in [0.5, 0.6) is 0 Å². The van der Waals surface area contributed by atoms with E-state index in [0.29, 0.717) is 13.1 Å². The zero-order valence-electron chi connectivity index (χ0n) is 15.1. The van der Waals surface area contributed by atoms with Crippen LogP contribution in [0.25, 0.3) is 0 Å². The van der Waals surface area contributed by atoms with Crippen molar-refractivity contribution < 1.29 is 14.7 Å². The molecule has 0 bridgehead atoms. The SMILES string of the molecule is CC(C)C(=O)Nc1ccc(CNC(=O)NCc2ccccc2CO)cc1. The van der Waals surface area contributed by atoms with Crippen LogP contribution >= 0.6 is 0 Å². The molecule has 2 aromatic carbocycles. The zero-order chi connectivity index (χ0) is 18.9. The molecular weight excluding hydrogens is 330 g/mol. The maximum absolute atomic E-state index is 11.9. The van der Waals surface area contributed by atoms with Crippen LogP contribution in [0.3, 0.4) is 0 Å². The lowest BCUT2D eigenvalue weighted by atomic mass is 10.1. The Morgan fingerprint density at radius 2 is 1.54 bits per heavy atom. The maximum atomic E-state index is 11.9. The Labute approximate surface area is 153 Å². The van der Waals surface area contributed by atoms with Crippen LogP contribution in [0.2, 0.25) is 0 Å². The predicted molar refractivity (Wildman–Crippen MR) is 101 cm³/mol. The highest BCUT2D eigenvalue weighted by atomic mass is 16.3. The van der Waals surface area contributed by atoms with Crippen LogP contribution in [-0.4, -0.2) is 17.0 Å². The van der Waals surface area contributed by atoms with E-state index in [0.717, 1.165) is 22.4 Å². The molecule has 2 rings (SSSR count). The Morgan fingerprint density at radius 1 is 0.923 bits per heavy atom. The third-order valence-electron chi connectivity index (χ3n) is 3.93. The van der Waals surface area contributed by atoms with Crippen molar-refractivity contribution in [2.75, 3.05) is 5.32 Å². The Bertz CT molecular complexity index is 742. The lowest BCUT2D eigenvalue weighted by molar-refractivity contribution is -0.118. The molecule has 2 aromatic rings. The highest BCUT2D eigenvalue weighted by Gasteiger charge is 2.07. The van der Waals surface area contributed by atoms with Crippen LogP contribution in [0.15, 0.2) is 48.5 Å². The Hall–Kier alpha value is -2.86.